The zero-order valence-electron chi connectivity index (χ0n) is 18.1. The Hall–Kier alpha value is -2.36. The van der Waals surface area contributed by atoms with E-state index in [-0.39, 0.29) is 17.7 Å². The number of rotatable bonds is 11. The number of nitrogens with zero attached hydrogens (tertiary/aromatic N) is 2. The first kappa shape index (κ1) is 26.9. The van der Waals surface area contributed by atoms with Gasteiger partial charge in [0.1, 0.15) is 24.2 Å². The maximum atomic E-state index is 12.8. The number of carbonyl (C=O) groups excluding carboxylic acids is 1. The predicted molar refractivity (Wildman–Crippen MR) is 120 cm³/mol. The zero-order valence-corrected chi connectivity index (χ0v) is 19.7. The fourth-order valence-corrected chi connectivity index (χ4v) is 3.65. The van der Waals surface area contributed by atoms with Crippen LogP contribution in [-0.4, -0.2) is 88.1 Å². The van der Waals surface area contributed by atoms with Gasteiger partial charge in [-0.25, -0.2) is 12.7 Å². The minimum absolute atomic E-state index is 0.0179. The topological polar surface area (TPSA) is 194 Å². The molecule has 0 saturated heterocycles. The molecule has 0 spiro atoms. The predicted octanol–water partition coefficient (Wildman–Crippen LogP) is -0.597. The van der Waals surface area contributed by atoms with E-state index in [0.717, 1.165) is 19.6 Å². The first-order valence-electron chi connectivity index (χ1n) is 9.57. The summed E-state index contributed by atoms with van der Waals surface area (Å²) in [5, 5.41) is 54.6. The van der Waals surface area contributed by atoms with Gasteiger partial charge in [0.05, 0.1) is 12.4 Å². The zero-order chi connectivity index (χ0) is 25.0. The van der Waals surface area contributed by atoms with Crippen LogP contribution < -0.4 is 9.62 Å². The molecule has 0 aliphatic heterocycles. The molecule has 0 bridgehead atoms. The Balaban J connectivity index is 2.38. The molecule has 2 rings (SSSR count). The highest BCUT2D eigenvalue weighted by Gasteiger charge is 2.48. The maximum absolute atomic E-state index is 12.8. The van der Waals surface area contributed by atoms with Crippen LogP contribution in [0.25, 0.3) is 0 Å². The van der Waals surface area contributed by atoms with E-state index >= 15 is 0 Å². The number of aliphatic hydroxyl groups excluding tert-OH is 3. The lowest BCUT2D eigenvalue weighted by Crippen LogP contribution is -2.63. The summed E-state index contributed by atoms with van der Waals surface area (Å²) in [4.78, 5) is 16.5. The third-order valence-corrected chi connectivity index (χ3v) is 6.66. The molecule has 184 valence electrons. The first-order chi connectivity index (χ1) is 15.3. The molecule has 0 saturated carbocycles. The van der Waals surface area contributed by atoms with Gasteiger partial charge in [-0.05, 0) is 36.1 Å². The monoisotopic (exact) mass is 505 g/mol. The van der Waals surface area contributed by atoms with Crippen LogP contribution in [0, 0.1) is 0 Å². The minimum Gasteiger partial charge on any atom is -0.508 e. The van der Waals surface area contributed by atoms with Crippen LogP contribution in [0.1, 0.15) is 28.6 Å². The average molecular weight is 506 g/mol. The number of aromatic hydroxyl groups is 1. The number of aromatic nitrogens is 1. The second kappa shape index (κ2) is 10.7. The quantitative estimate of drug-likeness (QED) is 0.214. The van der Waals surface area contributed by atoms with Crippen LogP contribution in [0.3, 0.4) is 0 Å². The van der Waals surface area contributed by atoms with Crippen LogP contribution >= 0.6 is 11.8 Å². The molecule has 1 aromatic carbocycles. The standard InChI is InChI=1S/C19H27N3O9S2/c1-22(33(3,29)30)18-20-13(10-31-18)17(27)21-19(28,16(26)14(24)8-9-32-2)15(25)11-4-6-12(23)7-5-11/h4-7,10,14-16,23-26,28H,8-9H2,1-3H3,(H,21,27). The molecule has 4 unspecified atom stereocenters. The molecule has 0 fully saturated rings. The van der Waals surface area contributed by atoms with Crippen molar-refractivity contribution in [1.29, 1.82) is 0 Å². The Morgan fingerprint density at radius 3 is 2.42 bits per heavy atom. The Morgan fingerprint density at radius 1 is 1.27 bits per heavy atom. The molecule has 1 aromatic heterocycles. The van der Waals surface area contributed by atoms with Crippen LogP contribution in [0.2, 0.25) is 0 Å². The Morgan fingerprint density at radius 2 is 1.88 bits per heavy atom. The SMILES string of the molecule is CSCCC(O)C(O)C(O)(NC(=O)c1coc(N(C)S(C)(=O)=O)n1)C(O)c1ccc(O)cc1. The Bertz CT molecular complexity index is 1050. The van der Waals surface area contributed by atoms with Gasteiger partial charge in [-0.15, -0.1) is 0 Å². The molecule has 0 radical (unpaired) electrons. The lowest BCUT2D eigenvalue weighted by Gasteiger charge is -2.39. The summed E-state index contributed by atoms with van der Waals surface area (Å²) in [5.74, 6) is -0.824. The Labute approximate surface area is 194 Å². The molecule has 33 heavy (non-hydrogen) atoms. The van der Waals surface area contributed by atoms with Crippen LogP contribution in [0.15, 0.2) is 34.9 Å². The molecule has 4 atom stereocenters. The lowest BCUT2D eigenvalue weighted by atomic mass is 9.89. The van der Waals surface area contributed by atoms with E-state index in [1.807, 2.05) is 0 Å². The summed E-state index contributed by atoms with van der Waals surface area (Å²) in [6.45, 7) is 0. The van der Waals surface area contributed by atoms with Crippen molar-refractivity contribution >= 4 is 33.7 Å². The van der Waals surface area contributed by atoms with Gasteiger partial charge in [-0.3, -0.25) is 4.79 Å². The highest BCUT2D eigenvalue weighted by atomic mass is 32.2. The molecule has 1 heterocycles. The number of benzene rings is 1. The van der Waals surface area contributed by atoms with Gasteiger partial charge in [0.2, 0.25) is 10.0 Å². The van der Waals surface area contributed by atoms with Gasteiger partial charge in [0, 0.05) is 7.05 Å². The minimum atomic E-state index is -3.73. The fraction of sp³-hybridized carbons (Fsp3) is 0.474. The maximum Gasteiger partial charge on any atom is 0.311 e. The van der Waals surface area contributed by atoms with Gasteiger partial charge in [-0.2, -0.15) is 16.7 Å². The lowest BCUT2D eigenvalue weighted by molar-refractivity contribution is -0.190. The normalized spacial score (nSPS) is 16.5. The van der Waals surface area contributed by atoms with Gasteiger partial charge in [0.25, 0.3) is 5.91 Å². The summed E-state index contributed by atoms with van der Waals surface area (Å²) < 4.78 is 28.9. The molecule has 2 aromatic rings. The van der Waals surface area contributed by atoms with Crippen LogP contribution in [0.5, 0.6) is 5.75 Å². The van der Waals surface area contributed by atoms with E-state index in [4.69, 9.17) is 4.42 Å². The second-order valence-corrected chi connectivity index (χ2v) is 10.3. The summed E-state index contributed by atoms with van der Waals surface area (Å²) in [6, 6.07) is 4.54. The van der Waals surface area contributed by atoms with Crippen molar-refractivity contribution in [3.05, 3.63) is 41.8 Å². The van der Waals surface area contributed by atoms with E-state index in [2.05, 4.69) is 10.3 Å². The third-order valence-electron chi connectivity index (χ3n) is 4.86. The highest BCUT2D eigenvalue weighted by Crippen LogP contribution is 2.31. The number of phenols is 1. The number of hydrogen-bond acceptors (Lipinski definition) is 11. The number of carbonyl (C=O) groups is 1. The van der Waals surface area contributed by atoms with Crippen molar-refractivity contribution in [3.63, 3.8) is 0 Å². The van der Waals surface area contributed by atoms with Gasteiger partial charge in [-0.1, -0.05) is 12.1 Å². The molecule has 0 aliphatic rings. The van der Waals surface area contributed by atoms with Gasteiger partial charge >= 0.3 is 6.01 Å². The van der Waals surface area contributed by atoms with Gasteiger partial charge in [0.15, 0.2) is 11.4 Å². The van der Waals surface area contributed by atoms with Crippen molar-refractivity contribution in [2.75, 3.05) is 29.6 Å². The van der Waals surface area contributed by atoms with Crippen molar-refractivity contribution < 1.29 is 43.2 Å². The van der Waals surface area contributed by atoms with E-state index in [1.54, 1.807) is 6.26 Å². The Kier molecular flexibility index (Phi) is 8.73. The summed E-state index contributed by atoms with van der Waals surface area (Å²) in [6.07, 6.45) is -1.97. The average Bonchev–Trinajstić information content (AvgIpc) is 3.25. The largest absolute Gasteiger partial charge is 0.508 e. The van der Waals surface area contributed by atoms with Crippen molar-refractivity contribution in [2.45, 2.75) is 30.5 Å². The van der Waals surface area contributed by atoms with E-state index < -0.39 is 51.7 Å². The summed E-state index contributed by atoms with van der Waals surface area (Å²) >= 11 is 1.38. The summed E-state index contributed by atoms with van der Waals surface area (Å²) in [7, 11) is -2.58. The fourth-order valence-electron chi connectivity index (χ4n) is 2.81. The number of hydrogen-bond donors (Lipinski definition) is 6. The number of oxazole rings is 1. The van der Waals surface area contributed by atoms with E-state index in [1.165, 1.54) is 36.0 Å². The number of thioether (sulfide) groups is 1. The number of nitrogens with one attached hydrogen (secondary N) is 1. The first-order valence-corrected chi connectivity index (χ1v) is 12.8. The van der Waals surface area contributed by atoms with Crippen molar-refractivity contribution in [1.82, 2.24) is 10.3 Å². The van der Waals surface area contributed by atoms with Crippen LogP contribution in [-0.2, 0) is 10.0 Å². The van der Waals surface area contributed by atoms with E-state index in [9.17, 15) is 38.7 Å². The smallest absolute Gasteiger partial charge is 0.311 e. The van der Waals surface area contributed by atoms with Crippen molar-refractivity contribution in [3.8, 4) is 5.75 Å². The van der Waals surface area contributed by atoms with Crippen LogP contribution in [0.4, 0.5) is 6.01 Å². The third kappa shape index (κ3) is 6.37. The number of aliphatic hydroxyl groups is 4. The number of amides is 1. The molecule has 1 amide bonds. The number of phenolic OH excluding ortho intramolecular Hbond substituents is 1. The van der Waals surface area contributed by atoms with Crippen molar-refractivity contribution in [2.24, 2.45) is 0 Å². The molecular weight excluding hydrogens is 478 g/mol. The number of sulfonamides is 1. The molecule has 12 nitrogen and oxygen atoms in total. The van der Waals surface area contributed by atoms with Gasteiger partial charge < -0.3 is 35.3 Å². The highest BCUT2D eigenvalue weighted by molar-refractivity contribution is 7.98. The summed E-state index contributed by atoms with van der Waals surface area (Å²) in [5.41, 5.74) is -3.24. The molecule has 0 aliphatic carbocycles. The molecule has 14 heteroatoms. The van der Waals surface area contributed by atoms with E-state index in [0.29, 0.717) is 10.1 Å². The molecular formula is C19H27N3O9S2. The molecule has 6 N–H and O–H groups in total. The number of anilines is 1. The second-order valence-electron chi connectivity index (χ2n) is 7.31.